The molecule has 0 saturated carbocycles. The molecule has 37 heavy (non-hydrogen) atoms. The summed E-state index contributed by atoms with van der Waals surface area (Å²) < 4.78 is 28.2. The Morgan fingerprint density at radius 3 is 2.16 bits per heavy atom. The maximum Gasteiger partial charge on any atom is 0.242 e. The van der Waals surface area contributed by atoms with Gasteiger partial charge in [0.2, 0.25) is 10.0 Å². The highest BCUT2D eigenvalue weighted by Gasteiger charge is 2.27. The van der Waals surface area contributed by atoms with E-state index in [9.17, 15) is 8.42 Å². The van der Waals surface area contributed by atoms with Gasteiger partial charge in [0.25, 0.3) is 0 Å². The monoisotopic (exact) mass is 512 g/mol. The maximum absolute atomic E-state index is 13.4. The van der Waals surface area contributed by atoms with Gasteiger partial charge in [-0.3, -0.25) is 0 Å². The first-order chi connectivity index (χ1) is 18.0. The van der Waals surface area contributed by atoms with Crippen molar-refractivity contribution in [1.29, 1.82) is 0 Å². The number of piperidine rings is 1. The van der Waals surface area contributed by atoms with Gasteiger partial charge in [-0.15, -0.1) is 0 Å². The second-order valence-corrected chi connectivity index (χ2v) is 12.2. The molecule has 1 heterocycles. The van der Waals surface area contributed by atoms with Crippen LogP contribution in [0.15, 0.2) is 108 Å². The smallest absolute Gasteiger partial charge is 0.242 e. The van der Waals surface area contributed by atoms with E-state index in [0.29, 0.717) is 17.4 Å². The van der Waals surface area contributed by atoms with Crippen LogP contribution in [0.25, 0.3) is 10.8 Å². The minimum Gasteiger partial charge on any atom is -0.303 e. The van der Waals surface area contributed by atoms with E-state index in [1.165, 1.54) is 39.0 Å². The van der Waals surface area contributed by atoms with E-state index in [2.05, 4.69) is 77.7 Å². The lowest BCUT2D eigenvalue weighted by molar-refractivity contribution is 0.203. The standard InChI is InChI=1S/C32H36N2O2S/c1-33(37(35,36)30-15-6-3-7-16-30)25-29(32-18-10-14-28-13-8-9-17-31(28)32)21-24-34-22-19-27(20-23-34)26-11-4-2-5-12-26/h2-18,27,29H,19-25H2,1H3. The topological polar surface area (TPSA) is 40.6 Å². The summed E-state index contributed by atoms with van der Waals surface area (Å²) >= 11 is 0. The van der Waals surface area contributed by atoms with Crippen LogP contribution < -0.4 is 0 Å². The van der Waals surface area contributed by atoms with E-state index in [-0.39, 0.29) is 5.92 Å². The maximum atomic E-state index is 13.4. The molecule has 0 N–H and O–H groups in total. The van der Waals surface area contributed by atoms with Gasteiger partial charge >= 0.3 is 0 Å². The van der Waals surface area contributed by atoms with E-state index in [1.54, 1.807) is 31.3 Å². The molecule has 1 aliphatic heterocycles. The summed E-state index contributed by atoms with van der Waals surface area (Å²) in [6.07, 6.45) is 3.26. The molecule has 1 aliphatic rings. The van der Waals surface area contributed by atoms with Crippen molar-refractivity contribution in [2.24, 2.45) is 0 Å². The van der Waals surface area contributed by atoms with Crippen LogP contribution in [0, 0.1) is 0 Å². The minimum absolute atomic E-state index is 0.0986. The number of hydrogen-bond acceptors (Lipinski definition) is 3. The molecule has 1 unspecified atom stereocenters. The minimum atomic E-state index is -3.56. The summed E-state index contributed by atoms with van der Waals surface area (Å²) in [5, 5.41) is 2.41. The summed E-state index contributed by atoms with van der Waals surface area (Å²) in [4.78, 5) is 2.90. The fourth-order valence-electron chi connectivity index (χ4n) is 5.69. The van der Waals surface area contributed by atoms with Gasteiger partial charge in [-0.25, -0.2) is 12.7 Å². The van der Waals surface area contributed by atoms with E-state index in [4.69, 9.17) is 0 Å². The molecule has 4 aromatic rings. The molecular weight excluding hydrogens is 476 g/mol. The van der Waals surface area contributed by atoms with Crippen molar-refractivity contribution in [3.8, 4) is 0 Å². The van der Waals surface area contributed by atoms with Crippen LogP contribution in [0.2, 0.25) is 0 Å². The van der Waals surface area contributed by atoms with Crippen molar-refractivity contribution in [2.45, 2.75) is 36.0 Å². The fourth-order valence-corrected chi connectivity index (χ4v) is 6.92. The quantitative estimate of drug-likeness (QED) is 0.257. The average molecular weight is 513 g/mol. The van der Waals surface area contributed by atoms with Crippen LogP contribution in [0.5, 0.6) is 0 Å². The Morgan fingerprint density at radius 2 is 1.43 bits per heavy atom. The summed E-state index contributed by atoms with van der Waals surface area (Å²) in [6.45, 7) is 3.58. The molecule has 0 aromatic heterocycles. The number of hydrogen-bond donors (Lipinski definition) is 0. The largest absolute Gasteiger partial charge is 0.303 e. The number of likely N-dealkylation sites (tertiary alicyclic amines) is 1. The van der Waals surface area contributed by atoms with Crippen LogP contribution in [0.4, 0.5) is 0 Å². The summed E-state index contributed by atoms with van der Waals surface area (Å²) in [5.41, 5.74) is 2.68. The van der Waals surface area contributed by atoms with Crippen molar-refractivity contribution in [1.82, 2.24) is 9.21 Å². The third-order valence-electron chi connectivity index (χ3n) is 7.84. The van der Waals surface area contributed by atoms with E-state index in [1.807, 2.05) is 6.07 Å². The van der Waals surface area contributed by atoms with Crippen molar-refractivity contribution in [2.75, 3.05) is 33.2 Å². The molecule has 1 atom stereocenters. The van der Waals surface area contributed by atoms with Gasteiger partial charge in [0.15, 0.2) is 0 Å². The first-order valence-electron chi connectivity index (χ1n) is 13.3. The molecule has 0 spiro atoms. The van der Waals surface area contributed by atoms with E-state index < -0.39 is 10.0 Å². The van der Waals surface area contributed by atoms with Crippen molar-refractivity contribution >= 4 is 20.8 Å². The summed E-state index contributed by atoms with van der Waals surface area (Å²) in [5.74, 6) is 0.731. The number of fused-ring (bicyclic) bond motifs is 1. The molecule has 4 aromatic carbocycles. The predicted octanol–water partition coefficient (Wildman–Crippen LogP) is 6.51. The van der Waals surface area contributed by atoms with Crippen LogP contribution in [0.1, 0.15) is 42.2 Å². The Kier molecular flexibility index (Phi) is 8.04. The second-order valence-electron chi connectivity index (χ2n) is 10.2. The third kappa shape index (κ3) is 5.96. The van der Waals surface area contributed by atoms with Gasteiger partial charge in [-0.05, 0) is 84.8 Å². The molecule has 192 valence electrons. The third-order valence-corrected chi connectivity index (χ3v) is 9.68. The fraction of sp³-hybridized carbons (Fsp3) is 0.312. The zero-order valence-corrected chi connectivity index (χ0v) is 22.4. The molecule has 0 bridgehead atoms. The Morgan fingerprint density at radius 1 is 0.811 bits per heavy atom. The van der Waals surface area contributed by atoms with E-state index in [0.717, 1.165) is 26.1 Å². The van der Waals surface area contributed by atoms with Crippen LogP contribution in [0.3, 0.4) is 0 Å². The van der Waals surface area contributed by atoms with Gasteiger partial charge in [0.05, 0.1) is 4.90 Å². The Balaban J connectivity index is 1.33. The summed E-state index contributed by atoms with van der Waals surface area (Å²) in [6, 6.07) is 34.4. The normalized spacial score (nSPS) is 16.3. The molecule has 1 saturated heterocycles. The lowest BCUT2D eigenvalue weighted by Gasteiger charge is -2.34. The zero-order valence-electron chi connectivity index (χ0n) is 21.5. The van der Waals surface area contributed by atoms with E-state index >= 15 is 0 Å². The van der Waals surface area contributed by atoms with Gasteiger partial charge in [0, 0.05) is 13.6 Å². The van der Waals surface area contributed by atoms with Crippen LogP contribution in [-0.4, -0.2) is 50.8 Å². The Labute approximate surface area is 221 Å². The molecule has 0 radical (unpaired) electrons. The molecular formula is C32H36N2O2S. The Hall–Kier alpha value is -2.99. The number of likely N-dealkylation sites (N-methyl/N-ethyl adjacent to an activating group) is 1. The van der Waals surface area contributed by atoms with Crippen molar-refractivity contribution in [3.63, 3.8) is 0 Å². The first-order valence-corrected chi connectivity index (χ1v) is 14.7. The molecule has 0 aliphatic carbocycles. The highest BCUT2D eigenvalue weighted by atomic mass is 32.2. The zero-order chi connectivity index (χ0) is 25.7. The predicted molar refractivity (Wildman–Crippen MR) is 152 cm³/mol. The Bertz CT molecular complexity index is 1390. The highest BCUT2D eigenvalue weighted by molar-refractivity contribution is 7.89. The second kappa shape index (κ2) is 11.6. The highest BCUT2D eigenvalue weighted by Crippen LogP contribution is 2.32. The van der Waals surface area contributed by atoms with Gasteiger partial charge < -0.3 is 4.90 Å². The lowest BCUT2D eigenvalue weighted by Crippen LogP contribution is -2.36. The molecule has 5 rings (SSSR count). The average Bonchev–Trinajstić information content (AvgIpc) is 2.96. The van der Waals surface area contributed by atoms with Gasteiger partial charge in [-0.2, -0.15) is 0 Å². The van der Waals surface area contributed by atoms with Gasteiger partial charge in [-0.1, -0.05) is 91.0 Å². The molecule has 4 nitrogen and oxygen atoms in total. The number of nitrogens with zero attached hydrogens (tertiary/aromatic N) is 2. The number of rotatable bonds is 9. The lowest BCUT2D eigenvalue weighted by atomic mass is 9.88. The molecule has 0 amide bonds. The number of benzene rings is 4. The van der Waals surface area contributed by atoms with Crippen molar-refractivity contribution in [3.05, 3.63) is 114 Å². The van der Waals surface area contributed by atoms with Gasteiger partial charge in [0.1, 0.15) is 0 Å². The molecule has 5 heteroatoms. The van der Waals surface area contributed by atoms with Crippen molar-refractivity contribution < 1.29 is 8.42 Å². The first kappa shape index (κ1) is 25.7. The van der Waals surface area contributed by atoms with Crippen LogP contribution >= 0.6 is 0 Å². The molecule has 1 fully saturated rings. The SMILES string of the molecule is CN(CC(CCN1CCC(c2ccccc2)CC1)c1cccc2ccccc12)S(=O)(=O)c1ccccc1. The van der Waals surface area contributed by atoms with Crippen LogP contribution in [-0.2, 0) is 10.0 Å². The number of sulfonamides is 1. The summed E-state index contributed by atoms with van der Waals surface area (Å²) in [7, 11) is -1.84.